The number of fused-ring (bicyclic) bond motifs is 1. The summed E-state index contributed by atoms with van der Waals surface area (Å²) in [6.45, 7) is 0. The van der Waals surface area contributed by atoms with E-state index in [9.17, 15) is 9.18 Å². The lowest BCUT2D eigenvalue weighted by atomic mass is 9.90. The smallest absolute Gasteiger partial charge is 0.230 e. The molecule has 0 fully saturated rings. The van der Waals surface area contributed by atoms with Gasteiger partial charge in [0, 0.05) is 10.9 Å². The van der Waals surface area contributed by atoms with Gasteiger partial charge in [-0.2, -0.15) is 0 Å². The summed E-state index contributed by atoms with van der Waals surface area (Å²) >= 11 is 1.42. The van der Waals surface area contributed by atoms with E-state index in [-0.39, 0.29) is 18.1 Å². The first kappa shape index (κ1) is 16.9. The molecule has 0 bridgehead atoms. The molecule has 0 spiro atoms. The SMILES string of the molecule is O=C(Cc1ccc(F)cc1)Nc1nc(-c2ccc3c(c2)CCCC3)cs1. The molecule has 0 saturated heterocycles. The molecule has 0 saturated carbocycles. The van der Waals surface area contributed by atoms with Gasteiger partial charge in [0.05, 0.1) is 12.1 Å². The molecule has 5 heteroatoms. The Labute approximate surface area is 155 Å². The molecule has 1 N–H and O–H groups in total. The number of hydrogen-bond acceptors (Lipinski definition) is 3. The van der Waals surface area contributed by atoms with E-state index in [2.05, 4.69) is 28.5 Å². The second kappa shape index (κ2) is 7.38. The van der Waals surface area contributed by atoms with Gasteiger partial charge < -0.3 is 5.32 Å². The Balaban J connectivity index is 1.44. The zero-order chi connectivity index (χ0) is 17.9. The number of anilines is 1. The van der Waals surface area contributed by atoms with Crippen molar-refractivity contribution >= 4 is 22.4 Å². The number of thiazole rings is 1. The first-order valence-corrected chi connectivity index (χ1v) is 9.67. The number of nitrogens with one attached hydrogen (secondary N) is 1. The van der Waals surface area contributed by atoms with Crippen molar-refractivity contribution in [2.24, 2.45) is 0 Å². The zero-order valence-corrected chi connectivity index (χ0v) is 15.1. The standard InChI is InChI=1S/C21H19FN2OS/c22-18-9-5-14(6-10-18)11-20(25)24-21-23-19(13-26-21)17-8-7-15-3-1-2-4-16(15)12-17/h5-10,12-13H,1-4,11H2,(H,23,24,25). The van der Waals surface area contributed by atoms with E-state index in [0.717, 1.165) is 29.7 Å². The van der Waals surface area contributed by atoms with Gasteiger partial charge in [0.25, 0.3) is 0 Å². The Hall–Kier alpha value is -2.53. The van der Waals surface area contributed by atoms with Crippen molar-refractivity contribution < 1.29 is 9.18 Å². The topological polar surface area (TPSA) is 42.0 Å². The van der Waals surface area contributed by atoms with E-state index in [4.69, 9.17) is 0 Å². The number of amides is 1. The molecule has 0 unspecified atom stereocenters. The third-order valence-electron chi connectivity index (χ3n) is 4.67. The Morgan fingerprint density at radius 3 is 2.65 bits per heavy atom. The Bertz CT molecular complexity index is 933. The summed E-state index contributed by atoms with van der Waals surface area (Å²) in [5.74, 6) is -0.452. The van der Waals surface area contributed by atoms with Crippen molar-refractivity contribution in [3.63, 3.8) is 0 Å². The number of rotatable bonds is 4. The summed E-state index contributed by atoms with van der Waals surface area (Å²) < 4.78 is 12.9. The van der Waals surface area contributed by atoms with E-state index < -0.39 is 0 Å². The molecule has 2 aromatic carbocycles. The number of aromatic nitrogens is 1. The maximum absolute atomic E-state index is 12.9. The first-order valence-electron chi connectivity index (χ1n) is 8.79. The summed E-state index contributed by atoms with van der Waals surface area (Å²) in [6.07, 6.45) is 5.02. The average molecular weight is 366 g/mol. The first-order chi connectivity index (χ1) is 12.7. The van der Waals surface area contributed by atoms with Crippen LogP contribution in [0.3, 0.4) is 0 Å². The van der Waals surface area contributed by atoms with Crippen LogP contribution in [0.5, 0.6) is 0 Å². The molecule has 1 aliphatic carbocycles. The third kappa shape index (κ3) is 3.83. The van der Waals surface area contributed by atoms with Gasteiger partial charge in [-0.25, -0.2) is 9.37 Å². The highest BCUT2D eigenvalue weighted by Gasteiger charge is 2.13. The van der Waals surface area contributed by atoms with E-state index in [0.29, 0.717) is 5.13 Å². The molecular weight excluding hydrogens is 347 g/mol. The molecular formula is C21H19FN2OS. The van der Waals surface area contributed by atoms with Gasteiger partial charge in [-0.1, -0.05) is 24.3 Å². The highest BCUT2D eigenvalue weighted by atomic mass is 32.1. The summed E-state index contributed by atoms with van der Waals surface area (Å²) in [4.78, 5) is 16.7. The third-order valence-corrected chi connectivity index (χ3v) is 5.43. The second-order valence-corrected chi connectivity index (χ2v) is 7.44. The van der Waals surface area contributed by atoms with Crippen molar-refractivity contribution in [3.8, 4) is 11.3 Å². The Kier molecular flexibility index (Phi) is 4.80. The van der Waals surface area contributed by atoms with Crippen LogP contribution < -0.4 is 5.32 Å². The van der Waals surface area contributed by atoms with Crippen LogP contribution in [0.15, 0.2) is 47.8 Å². The van der Waals surface area contributed by atoms with Gasteiger partial charge in [-0.15, -0.1) is 11.3 Å². The molecule has 132 valence electrons. The van der Waals surface area contributed by atoms with Gasteiger partial charge in [-0.3, -0.25) is 4.79 Å². The quantitative estimate of drug-likeness (QED) is 0.705. The van der Waals surface area contributed by atoms with Crippen LogP contribution in [0.1, 0.15) is 29.5 Å². The Morgan fingerprint density at radius 1 is 1.08 bits per heavy atom. The predicted octanol–water partition coefficient (Wildman–Crippen LogP) is 5.01. The number of carbonyl (C=O) groups is 1. The minimum Gasteiger partial charge on any atom is -0.302 e. The molecule has 0 aliphatic heterocycles. The van der Waals surface area contributed by atoms with Gasteiger partial charge in [-0.05, 0) is 60.6 Å². The van der Waals surface area contributed by atoms with Crippen LogP contribution in [0.25, 0.3) is 11.3 Å². The highest BCUT2D eigenvalue weighted by molar-refractivity contribution is 7.14. The molecule has 1 amide bonds. The largest absolute Gasteiger partial charge is 0.302 e. The fourth-order valence-electron chi connectivity index (χ4n) is 3.31. The summed E-state index contributed by atoms with van der Waals surface area (Å²) in [6, 6.07) is 12.5. The zero-order valence-electron chi connectivity index (χ0n) is 14.3. The molecule has 0 atom stereocenters. The van der Waals surface area contributed by atoms with Crippen LogP contribution in [-0.2, 0) is 24.1 Å². The lowest BCUT2D eigenvalue weighted by Gasteiger charge is -2.16. The number of hydrogen-bond donors (Lipinski definition) is 1. The number of halogens is 1. The molecule has 4 rings (SSSR count). The molecule has 1 aromatic heterocycles. The molecule has 3 aromatic rings. The second-order valence-electron chi connectivity index (χ2n) is 6.58. The van der Waals surface area contributed by atoms with Crippen molar-refractivity contribution in [1.82, 2.24) is 4.98 Å². The fourth-order valence-corrected chi connectivity index (χ4v) is 4.04. The van der Waals surface area contributed by atoms with Crippen molar-refractivity contribution in [2.45, 2.75) is 32.1 Å². The van der Waals surface area contributed by atoms with Crippen molar-refractivity contribution in [2.75, 3.05) is 5.32 Å². The summed E-state index contributed by atoms with van der Waals surface area (Å²) in [5, 5.41) is 5.39. The monoisotopic (exact) mass is 366 g/mol. The van der Waals surface area contributed by atoms with Crippen LogP contribution in [0, 0.1) is 5.82 Å². The minimum atomic E-state index is -0.302. The van der Waals surface area contributed by atoms with E-state index >= 15 is 0 Å². The van der Waals surface area contributed by atoms with Gasteiger partial charge in [0.1, 0.15) is 5.82 Å². The Morgan fingerprint density at radius 2 is 1.85 bits per heavy atom. The fraction of sp³-hybridized carbons (Fsp3) is 0.238. The molecule has 3 nitrogen and oxygen atoms in total. The van der Waals surface area contributed by atoms with Gasteiger partial charge >= 0.3 is 0 Å². The van der Waals surface area contributed by atoms with Crippen LogP contribution in [0.2, 0.25) is 0 Å². The average Bonchev–Trinajstić information content (AvgIpc) is 3.11. The van der Waals surface area contributed by atoms with E-state index in [1.54, 1.807) is 12.1 Å². The summed E-state index contributed by atoms with van der Waals surface area (Å²) in [7, 11) is 0. The maximum atomic E-state index is 12.9. The predicted molar refractivity (Wildman–Crippen MR) is 103 cm³/mol. The van der Waals surface area contributed by atoms with Crippen LogP contribution in [0.4, 0.5) is 9.52 Å². The number of benzene rings is 2. The highest BCUT2D eigenvalue weighted by Crippen LogP contribution is 2.29. The maximum Gasteiger partial charge on any atom is 0.230 e. The van der Waals surface area contributed by atoms with Crippen LogP contribution in [-0.4, -0.2) is 10.9 Å². The van der Waals surface area contributed by atoms with Gasteiger partial charge in [0.2, 0.25) is 5.91 Å². The van der Waals surface area contributed by atoms with Crippen LogP contribution >= 0.6 is 11.3 Å². The molecule has 26 heavy (non-hydrogen) atoms. The lowest BCUT2D eigenvalue weighted by Crippen LogP contribution is -2.14. The van der Waals surface area contributed by atoms with Crippen molar-refractivity contribution in [1.29, 1.82) is 0 Å². The lowest BCUT2D eigenvalue weighted by molar-refractivity contribution is -0.115. The molecule has 1 aliphatic rings. The van der Waals surface area contributed by atoms with Gasteiger partial charge in [0.15, 0.2) is 5.13 Å². The number of nitrogens with zero attached hydrogens (tertiary/aromatic N) is 1. The number of carbonyl (C=O) groups excluding carboxylic acids is 1. The van der Waals surface area contributed by atoms with E-state index in [1.165, 1.54) is 47.4 Å². The number of aryl methyl sites for hydroxylation is 2. The normalized spacial score (nSPS) is 13.3. The van der Waals surface area contributed by atoms with Crippen molar-refractivity contribution in [3.05, 3.63) is 70.4 Å². The molecule has 1 heterocycles. The van der Waals surface area contributed by atoms with E-state index in [1.807, 2.05) is 5.38 Å². The molecule has 0 radical (unpaired) electrons. The summed E-state index contributed by atoms with van der Waals surface area (Å²) in [5.41, 5.74) is 5.63. The minimum absolute atomic E-state index is 0.150.